The van der Waals surface area contributed by atoms with Crippen LogP contribution in [0.4, 0.5) is 5.69 Å². The lowest BCUT2D eigenvalue weighted by Gasteiger charge is -2.19. The topological polar surface area (TPSA) is 116 Å². The fourth-order valence-electron chi connectivity index (χ4n) is 4.17. The Labute approximate surface area is 237 Å². The molecule has 0 aliphatic carbocycles. The van der Waals surface area contributed by atoms with E-state index in [4.69, 9.17) is 11.6 Å². The molecule has 1 aliphatic rings. The maximum atomic E-state index is 11.6. The quantitative estimate of drug-likeness (QED) is 0.180. The fourth-order valence-corrected chi connectivity index (χ4v) is 8.98. The molecule has 200 valence electrons. The third-order valence-electron chi connectivity index (χ3n) is 5.84. The number of hydrogen-bond acceptors (Lipinski definition) is 8. The van der Waals surface area contributed by atoms with E-state index in [1.807, 2.05) is 70.1 Å². The zero-order chi connectivity index (χ0) is 27.1. The number of anilines is 1. The van der Waals surface area contributed by atoms with E-state index >= 15 is 0 Å². The van der Waals surface area contributed by atoms with Crippen molar-refractivity contribution >= 4 is 88.3 Å². The lowest BCUT2D eigenvalue weighted by molar-refractivity contribution is -0.664. The number of aromatic nitrogens is 1. The Kier molecular flexibility index (Phi) is 7.91. The summed E-state index contributed by atoms with van der Waals surface area (Å²) < 4.78 is 68.9. The molecule has 0 saturated carbocycles. The van der Waals surface area contributed by atoms with Crippen LogP contribution in [0, 0.1) is 0 Å². The number of thiazole rings is 1. The van der Waals surface area contributed by atoms with Crippen LogP contribution in [0.25, 0.3) is 27.4 Å². The Bertz CT molecular complexity index is 1750. The van der Waals surface area contributed by atoms with Crippen LogP contribution in [0.15, 0.2) is 63.8 Å². The first-order chi connectivity index (χ1) is 18.0. The van der Waals surface area contributed by atoms with Gasteiger partial charge < -0.3 is 4.90 Å². The Hall–Kier alpha value is -1.97. The summed E-state index contributed by atoms with van der Waals surface area (Å²) in [6, 6.07) is 17.7. The van der Waals surface area contributed by atoms with Gasteiger partial charge in [0.25, 0.3) is 25.2 Å². The van der Waals surface area contributed by atoms with Gasteiger partial charge in [-0.3, -0.25) is 9.11 Å². The van der Waals surface area contributed by atoms with E-state index in [1.165, 1.54) is 34.4 Å². The highest BCUT2D eigenvalue weighted by molar-refractivity contribution is 8.05. The van der Waals surface area contributed by atoms with Crippen molar-refractivity contribution < 1.29 is 30.5 Å². The summed E-state index contributed by atoms with van der Waals surface area (Å²) in [6.45, 7) is 0.393. The van der Waals surface area contributed by atoms with E-state index < -0.39 is 26.0 Å². The third-order valence-corrected chi connectivity index (χ3v) is 11.0. The first-order valence-corrected chi connectivity index (χ1v) is 17.4. The normalized spacial score (nSPS) is 15.0. The van der Waals surface area contributed by atoms with Crippen molar-refractivity contribution in [1.82, 2.24) is 0 Å². The largest absolute Gasteiger partial charge is 0.334 e. The van der Waals surface area contributed by atoms with Gasteiger partial charge in [-0.15, -0.1) is 11.3 Å². The molecule has 0 atom stereocenters. The average molecular weight is 630 g/mol. The highest BCUT2D eigenvalue weighted by Gasteiger charge is 2.30. The predicted octanol–water partition coefficient (Wildman–Crippen LogP) is 5.65. The number of nitrogens with zero attached hydrogens (tertiary/aromatic N) is 2. The second-order valence-corrected chi connectivity index (χ2v) is 15.7. The highest BCUT2D eigenvalue weighted by Crippen LogP contribution is 2.52. The first kappa shape index (κ1) is 27.6. The Morgan fingerprint density at radius 3 is 2.37 bits per heavy atom. The molecular formula is C24H22ClN2O6S5+. The van der Waals surface area contributed by atoms with Gasteiger partial charge in [-0.1, -0.05) is 71.1 Å². The molecule has 2 aromatic heterocycles. The smallest absolute Gasteiger partial charge is 0.271 e. The summed E-state index contributed by atoms with van der Waals surface area (Å²) >= 11 is 10.6. The molecular weight excluding hydrogens is 608 g/mol. The van der Waals surface area contributed by atoms with E-state index in [0.29, 0.717) is 10.9 Å². The van der Waals surface area contributed by atoms with Crippen LogP contribution >= 0.6 is 46.0 Å². The summed E-state index contributed by atoms with van der Waals surface area (Å²) in [5, 5.41) is 1.60. The van der Waals surface area contributed by atoms with Gasteiger partial charge in [-0.05, 0) is 29.7 Å². The van der Waals surface area contributed by atoms with Crippen LogP contribution in [-0.4, -0.2) is 44.0 Å². The molecule has 0 radical (unpaired) electrons. The fraction of sp³-hybridized carbons (Fsp3) is 0.208. The van der Waals surface area contributed by atoms with Crippen molar-refractivity contribution in [2.75, 3.05) is 23.0 Å². The number of hydrogen-bond donors (Lipinski definition) is 2. The number of thiophene rings is 1. The maximum absolute atomic E-state index is 11.6. The van der Waals surface area contributed by atoms with Crippen LogP contribution in [0.2, 0.25) is 4.34 Å². The summed E-state index contributed by atoms with van der Waals surface area (Å²) in [6.07, 6.45) is 2.15. The van der Waals surface area contributed by atoms with Crippen molar-refractivity contribution in [1.29, 1.82) is 0 Å². The molecule has 14 heteroatoms. The standard InChI is InChI=1S/C24H21ClN2O6S5/c25-21-14-19-24(35-21)36-23(26(19)9-4-11-37(28,29)30)15-22-27(10-12-38(31,32)33)18-13-17(7-8-20(18)34-22)16-5-2-1-3-6-16/h1-3,5-8,13-15H,4,9-12H2,(H-,28,29,30,31,32,33)/p+1. The van der Waals surface area contributed by atoms with Crippen molar-refractivity contribution in [2.45, 2.75) is 17.2 Å². The van der Waals surface area contributed by atoms with Gasteiger partial charge in [-0.2, -0.15) is 21.4 Å². The summed E-state index contributed by atoms with van der Waals surface area (Å²) in [4.78, 5) is 1.96. The Morgan fingerprint density at radius 2 is 1.66 bits per heavy atom. The lowest BCUT2D eigenvalue weighted by Crippen LogP contribution is -2.38. The van der Waals surface area contributed by atoms with Gasteiger partial charge in [0.05, 0.1) is 31.1 Å². The Morgan fingerprint density at radius 1 is 0.921 bits per heavy atom. The molecule has 3 heterocycles. The number of halogens is 1. The van der Waals surface area contributed by atoms with E-state index in [9.17, 15) is 25.9 Å². The van der Waals surface area contributed by atoms with E-state index in [-0.39, 0.29) is 18.7 Å². The van der Waals surface area contributed by atoms with E-state index in [0.717, 1.165) is 41.3 Å². The monoisotopic (exact) mass is 629 g/mol. The highest BCUT2D eigenvalue weighted by atomic mass is 35.5. The molecule has 4 aromatic rings. The molecule has 38 heavy (non-hydrogen) atoms. The molecule has 1 aliphatic heterocycles. The van der Waals surface area contributed by atoms with Crippen molar-refractivity contribution in [3.8, 4) is 11.1 Å². The molecule has 2 N–H and O–H groups in total. The molecule has 0 fully saturated rings. The number of thioether (sulfide) groups is 1. The zero-order valence-corrected chi connectivity index (χ0v) is 24.5. The minimum absolute atomic E-state index is 0.0528. The van der Waals surface area contributed by atoms with E-state index in [1.54, 1.807) is 0 Å². The van der Waals surface area contributed by atoms with Gasteiger partial charge in [0.1, 0.15) is 10.5 Å². The Balaban J connectivity index is 1.57. The van der Waals surface area contributed by atoms with Gasteiger partial charge >= 0.3 is 0 Å². The maximum Gasteiger partial charge on any atom is 0.271 e. The molecule has 5 rings (SSSR count). The van der Waals surface area contributed by atoms with E-state index in [2.05, 4.69) is 0 Å². The second kappa shape index (κ2) is 10.9. The van der Waals surface area contributed by atoms with Crippen molar-refractivity contribution in [3.63, 3.8) is 0 Å². The number of fused-ring (bicyclic) bond motifs is 2. The van der Waals surface area contributed by atoms with Crippen LogP contribution in [0.5, 0.6) is 0 Å². The summed E-state index contributed by atoms with van der Waals surface area (Å²) in [5.41, 5.74) is 3.71. The van der Waals surface area contributed by atoms with Gasteiger partial charge in [0, 0.05) is 12.6 Å². The molecule has 8 nitrogen and oxygen atoms in total. The van der Waals surface area contributed by atoms with Crippen LogP contribution in [0.1, 0.15) is 11.4 Å². The lowest BCUT2D eigenvalue weighted by atomic mass is 10.1. The van der Waals surface area contributed by atoms with Crippen LogP contribution in [-0.2, 0) is 26.8 Å². The molecule has 0 unspecified atom stereocenters. The van der Waals surface area contributed by atoms with Crippen molar-refractivity contribution in [2.24, 2.45) is 0 Å². The minimum Gasteiger partial charge on any atom is -0.334 e. The number of rotatable bonds is 9. The van der Waals surface area contributed by atoms with Gasteiger partial charge in [-0.25, -0.2) is 0 Å². The number of aryl methyl sites for hydroxylation is 1. The SMILES string of the molecule is O=S(=O)(O)CCCN1C(=Cc2sc3ccc(-c4ccccc4)cc3[n+]2CCS(=O)(=O)O)Sc2sc(Cl)cc21. The zero-order valence-electron chi connectivity index (χ0n) is 19.7. The minimum atomic E-state index is -4.20. The molecule has 0 amide bonds. The van der Waals surface area contributed by atoms with Gasteiger partial charge in [0.15, 0.2) is 6.54 Å². The predicted molar refractivity (Wildman–Crippen MR) is 155 cm³/mol. The van der Waals surface area contributed by atoms with Crippen LogP contribution < -0.4 is 9.47 Å². The van der Waals surface area contributed by atoms with Crippen LogP contribution in [0.3, 0.4) is 0 Å². The summed E-state index contributed by atoms with van der Waals surface area (Å²) in [7, 11) is -8.29. The molecule has 0 spiro atoms. The molecule has 2 aromatic carbocycles. The molecule has 0 saturated heterocycles. The second-order valence-electron chi connectivity index (χ2n) is 8.53. The summed E-state index contributed by atoms with van der Waals surface area (Å²) in [5.74, 6) is -0.808. The number of benzene rings is 2. The van der Waals surface area contributed by atoms with Gasteiger partial charge in [0.2, 0.25) is 5.52 Å². The first-order valence-electron chi connectivity index (χ1n) is 11.4. The third kappa shape index (κ3) is 6.42. The van der Waals surface area contributed by atoms with Crippen molar-refractivity contribution in [3.05, 3.63) is 69.0 Å². The molecule has 0 bridgehead atoms. The average Bonchev–Trinajstić information content (AvgIpc) is 3.47.